The summed E-state index contributed by atoms with van der Waals surface area (Å²) in [4.78, 5) is 11.6. The molecule has 3 nitrogen and oxygen atoms in total. The summed E-state index contributed by atoms with van der Waals surface area (Å²) in [5, 5.41) is 1.45. The van der Waals surface area contributed by atoms with E-state index in [9.17, 15) is 4.79 Å². The smallest absolute Gasteiger partial charge is 0.338 e. The number of hydrogen-bond donors (Lipinski definition) is 0. The Balaban J connectivity index is 1.66. The fraction of sp³-hybridized carbons (Fsp3) is 0.909. The highest BCUT2D eigenvalue weighted by atomic mass is 32.2. The summed E-state index contributed by atoms with van der Waals surface area (Å²) < 4.78 is 10.7. The fourth-order valence-corrected chi connectivity index (χ4v) is 4.77. The third-order valence-corrected chi connectivity index (χ3v) is 5.19. The SMILES string of the molecule is CCOC(=O)C1OC12CC1CCC(C2)S1. The van der Waals surface area contributed by atoms with Crippen LogP contribution in [0.4, 0.5) is 0 Å². The number of thioether (sulfide) groups is 1. The Bertz CT molecular complexity index is 280. The quantitative estimate of drug-likeness (QED) is 0.533. The number of epoxide rings is 1. The molecule has 0 aromatic carbocycles. The Labute approximate surface area is 93.9 Å². The highest BCUT2D eigenvalue weighted by Gasteiger charge is 2.65. The molecule has 3 rings (SSSR count). The van der Waals surface area contributed by atoms with Crippen LogP contribution < -0.4 is 0 Å². The van der Waals surface area contributed by atoms with Crippen molar-refractivity contribution in [2.24, 2.45) is 0 Å². The van der Waals surface area contributed by atoms with Gasteiger partial charge in [0.2, 0.25) is 0 Å². The van der Waals surface area contributed by atoms with Crippen LogP contribution in [0.5, 0.6) is 0 Å². The third kappa shape index (κ3) is 1.58. The van der Waals surface area contributed by atoms with Crippen molar-refractivity contribution in [2.75, 3.05) is 6.61 Å². The molecule has 1 spiro atoms. The lowest BCUT2D eigenvalue weighted by molar-refractivity contribution is -0.144. The maximum Gasteiger partial charge on any atom is 0.338 e. The van der Waals surface area contributed by atoms with Gasteiger partial charge in [-0.05, 0) is 32.6 Å². The average molecular weight is 228 g/mol. The Morgan fingerprint density at radius 2 is 2.13 bits per heavy atom. The first-order valence-corrected chi connectivity index (χ1v) is 6.68. The molecule has 3 aliphatic heterocycles. The number of fused-ring (bicyclic) bond motifs is 2. The molecule has 3 atom stereocenters. The Kier molecular flexibility index (Phi) is 2.25. The van der Waals surface area contributed by atoms with E-state index in [4.69, 9.17) is 9.47 Å². The van der Waals surface area contributed by atoms with Gasteiger partial charge in [0, 0.05) is 10.5 Å². The monoisotopic (exact) mass is 228 g/mol. The number of carbonyl (C=O) groups excluding carboxylic acids is 1. The van der Waals surface area contributed by atoms with Gasteiger partial charge < -0.3 is 9.47 Å². The fourth-order valence-electron chi connectivity index (χ4n) is 2.93. The first-order valence-electron chi connectivity index (χ1n) is 5.73. The minimum atomic E-state index is -0.249. The van der Waals surface area contributed by atoms with Crippen molar-refractivity contribution >= 4 is 17.7 Å². The average Bonchev–Trinajstić information content (AvgIpc) is 2.77. The maximum absolute atomic E-state index is 11.6. The highest BCUT2D eigenvalue weighted by Crippen LogP contribution is 2.57. The molecular formula is C11H16O3S. The molecular weight excluding hydrogens is 212 g/mol. The zero-order chi connectivity index (χ0) is 10.5. The molecule has 0 radical (unpaired) electrons. The minimum absolute atomic E-state index is 0.122. The molecule has 0 aromatic rings. The lowest BCUT2D eigenvalue weighted by Crippen LogP contribution is -2.30. The Hall–Kier alpha value is -0.220. The number of carbonyl (C=O) groups is 1. The van der Waals surface area contributed by atoms with Crippen LogP contribution in [0.25, 0.3) is 0 Å². The van der Waals surface area contributed by atoms with Crippen molar-refractivity contribution in [1.82, 2.24) is 0 Å². The van der Waals surface area contributed by atoms with E-state index < -0.39 is 0 Å². The van der Waals surface area contributed by atoms with Crippen molar-refractivity contribution in [2.45, 2.75) is 54.8 Å². The number of ether oxygens (including phenoxy) is 2. The topological polar surface area (TPSA) is 38.8 Å². The van der Waals surface area contributed by atoms with Gasteiger partial charge >= 0.3 is 5.97 Å². The zero-order valence-corrected chi connectivity index (χ0v) is 9.72. The van der Waals surface area contributed by atoms with E-state index >= 15 is 0 Å². The molecule has 15 heavy (non-hydrogen) atoms. The third-order valence-electron chi connectivity index (χ3n) is 3.62. The van der Waals surface area contributed by atoms with E-state index in [0.717, 1.165) is 23.3 Å². The highest BCUT2D eigenvalue weighted by molar-refractivity contribution is 8.00. The normalized spacial score (nSPS) is 46.9. The van der Waals surface area contributed by atoms with Crippen molar-refractivity contribution in [1.29, 1.82) is 0 Å². The zero-order valence-electron chi connectivity index (χ0n) is 8.90. The molecule has 3 fully saturated rings. The second-order valence-electron chi connectivity index (χ2n) is 4.68. The van der Waals surface area contributed by atoms with Gasteiger partial charge in [0.1, 0.15) is 5.60 Å². The summed E-state index contributed by atoms with van der Waals surface area (Å²) in [6.45, 7) is 2.30. The minimum Gasteiger partial charge on any atom is -0.464 e. The Morgan fingerprint density at radius 3 is 2.73 bits per heavy atom. The first kappa shape index (κ1) is 9.97. The van der Waals surface area contributed by atoms with E-state index in [1.165, 1.54) is 12.8 Å². The summed E-state index contributed by atoms with van der Waals surface area (Å²) in [5.41, 5.74) is -0.122. The van der Waals surface area contributed by atoms with Crippen LogP contribution in [-0.4, -0.2) is 34.8 Å². The van der Waals surface area contributed by atoms with Crippen LogP contribution in [0.1, 0.15) is 32.6 Å². The van der Waals surface area contributed by atoms with Crippen LogP contribution in [0.3, 0.4) is 0 Å². The standard InChI is InChI=1S/C11H16O3S/c1-2-13-10(12)9-11(14-9)5-7-3-4-8(6-11)15-7/h7-9H,2-6H2,1H3. The number of hydrogen-bond acceptors (Lipinski definition) is 4. The first-order chi connectivity index (χ1) is 7.23. The summed E-state index contributed by atoms with van der Waals surface area (Å²) in [7, 11) is 0. The lowest BCUT2D eigenvalue weighted by Gasteiger charge is -2.24. The molecule has 0 saturated carbocycles. The molecule has 84 valence electrons. The van der Waals surface area contributed by atoms with Crippen molar-refractivity contribution in [3.05, 3.63) is 0 Å². The number of esters is 1. The van der Waals surface area contributed by atoms with Crippen molar-refractivity contribution in [3.8, 4) is 0 Å². The van der Waals surface area contributed by atoms with Gasteiger partial charge in [-0.1, -0.05) is 0 Å². The van der Waals surface area contributed by atoms with Gasteiger partial charge in [0.05, 0.1) is 6.61 Å². The van der Waals surface area contributed by atoms with Crippen LogP contribution in [0.2, 0.25) is 0 Å². The molecule has 0 aliphatic carbocycles. The molecule has 2 bridgehead atoms. The molecule has 4 heteroatoms. The van der Waals surface area contributed by atoms with Crippen LogP contribution in [0, 0.1) is 0 Å². The largest absolute Gasteiger partial charge is 0.464 e. The molecule has 3 saturated heterocycles. The second kappa shape index (κ2) is 3.39. The number of rotatable bonds is 2. The second-order valence-corrected chi connectivity index (χ2v) is 6.29. The summed E-state index contributed by atoms with van der Waals surface area (Å²) in [6.07, 6.45) is 4.46. The molecule has 0 aromatic heterocycles. The van der Waals surface area contributed by atoms with E-state index in [-0.39, 0.29) is 17.7 Å². The molecule has 0 N–H and O–H groups in total. The van der Waals surface area contributed by atoms with Crippen LogP contribution >= 0.6 is 11.8 Å². The lowest BCUT2D eigenvalue weighted by atomic mass is 9.95. The molecule has 3 aliphatic rings. The van der Waals surface area contributed by atoms with E-state index in [1.54, 1.807) is 0 Å². The molecule has 0 amide bonds. The maximum atomic E-state index is 11.6. The predicted molar refractivity (Wildman–Crippen MR) is 57.9 cm³/mol. The molecule has 3 heterocycles. The Morgan fingerprint density at radius 1 is 1.47 bits per heavy atom. The predicted octanol–water partition coefficient (Wildman–Crippen LogP) is 1.75. The summed E-state index contributed by atoms with van der Waals surface area (Å²) in [6, 6.07) is 0. The van der Waals surface area contributed by atoms with Crippen LogP contribution in [-0.2, 0) is 14.3 Å². The van der Waals surface area contributed by atoms with E-state index in [2.05, 4.69) is 11.8 Å². The molecule has 3 unspecified atom stereocenters. The van der Waals surface area contributed by atoms with Gasteiger partial charge in [0.25, 0.3) is 0 Å². The van der Waals surface area contributed by atoms with Crippen molar-refractivity contribution in [3.63, 3.8) is 0 Å². The van der Waals surface area contributed by atoms with E-state index in [0.29, 0.717) is 6.61 Å². The summed E-state index contributed by atoms with van der Waals surface area (Å²) in [5.74, 6) is -0.149. The van der Waals surface area contributed by atoms with Gasteiger partial charge in [-0.3, -0.25) is 0 Å². The van der Waals surface area contributed by atoms with E-state index in [1.807, 2.05) is 6.92 Å². The van der Waals surface area contributed by atoms with Gasteiger partial charge in [0.15, 0.2) is 6.10 Å². The van der Waals surface area contributed by atoms with Crippen molar-refractivity contribution < 1.29 is 14.3 Å². The van der Waals surface area contributed by atoms with Gasteiger partial charge in [-0.25, -0.2) is 4.79 Å². The van der Waals surface area contributed by atoms with Gasteiger partial charge in [-0.15, -0.1) is 0 Å². The van der Waals surface area contributed by atoms with Crippen LogP contribution in [0.15, 0.2) is 0 Å². The summed E-state index contributed by atoms with van der Waals surface area (Å²) >= 11 is 2.09. The van der Waals surface area contributed by atoms with Gasteiger partial charge in [-0.2, -0.15) is 11.8 Å².